The summed E-state index contributed by atoms with van der Waals surface area (Å²) in [5.74, 6) is 0. The van der Waals surface area contributed by atoms with Gasteiger partial charge in [0.15, 0.2) is 0 Å². The lowest BCUT2D eigenvalue weighted by Gasteiger charge is -2.21. The number of likely N-dealkylation sites (N-methyl/N-ethyl adjacent to an activating group) is 2. The van der Waals surface area contributed by atoms with Crippen LogP contribution in [0.1, 0.15) is 31.9 Å². The van der Waals surface area contributed by atoms with Gasteiger partial charge in [-0.3, -0.25) is 0 Å². The Balaban J connectivity index is 2.46. The van der Waals surface area contributed by atoms with Crippen LogP contribution < -0.4 is 9.80 Å². The van der Waals surface area contributed by atoms with Crippen LogP contribution in [-0.2, 0) is 6.54 Å². The Labute approximate surface area is 113 Å². The van der Waals surface area contributed by atoms with Crippen molar-refractivity contribution in [3.05, 3.63) is 35.4 Å². The van der Waals surface area contributed by atoms with E-state index in [0.717, 1.165) is 0 Å². The molecule has 2 heteroatoms. The van der Waals surface area contributed by atoms with Crippen molar-refractivity contribution in [1.82, 2.24) is 0 Å². The standard InChI is InChI=1S/C16H28N2/c1-5-17(6-2)11-12-18(7-3)14-16-10-8-9-15(4)13-16/h8-10,13H,5-7,11-12,14H2,1-4H3/p+2. The van der Waals surface area contributed by atoms with Gasteiger partial charge in [0.05, 0.1) is 19.6 Å². The summed E-state index contributed by atoms with van der Waals surface area (Å²) in [5.41, 5.74) is 2.85. The smallest absolute Gasteiger partial charge is 0.127 e. The van der Waals surface area contributed by atoms with E-state index < -0.39 is 0 Å². The third-order valence-electron chi connectivity index (χ3n) is 3.87. The van der Waals surface area contributed by atoms with Gasteiger partial charge in [0.1, 0.15) is 19.6 Å². The fraction of sp³-hybridized carbons (Fsp3) is 0.625. The molecule has 1 rings (SSSR count). The van der Waals surface area contributed by atoms with E-state index in [2.05, 4.69) is 52.0 Å². The maximum atomic E-state index is 2.32. The van der Waals surface area contributed by atoms with Gasteiger partial charge in [-0.25, -0.2) is 0 Å². The Kier molecular flexibility index (Phi) is 6.99. The van der Waals surface area contributed by atoms with Crippen LogP contribution in [0.5, 0.6) is 0 Å². The summed E-state index contributed by atoms with van der Waals surface area (Å²) in [6, 6.07) is 8.93. The molecule has 0 saturated carbocycles. The quantitative estimate of drug-likeness (QED) is 0.658. The first kappa shape index (κ1) is 15.2. The summed E-state index contributed by atoms with van der Waals surface area (Å²) < 4.78 is 0. The van der Waals surface area contributed by atoms with Crippen LogP contribution in [0.3, 0.4) is 0 Å². The molecule has 1 aromatic carbocycles. The highest BCUT2D eigenvalue weighted by molar-refractivity contribution is 5.21. The molecule has 2 N–H and O–H groups in total. The highest BCUT2D eigenvalue weighted by Crippen LogP contribution is 2.01. The minimum atomic E-state index is 1.17. The molecule has 0 bridgehead atoms. The lowest BCUT2D eigenvalue weighted by molar-refractivity contribution is -0.962. The van der Waals surface area contributed by atoms with Crippen molar-refractivity contribution < 1.29 is 9.80 Å². The molecule has 0 aliphatic heterocycles. The molecule has 0 fully saturated rings. The Morgan fingerprint density at radius 2 is 1.50 bits per heavy atom. The second kappa shape index (κ2) is 8.28. The molecule has 0 aliphatic carbocycles. The van der Waals surface area contributed by atoms with Crippen LogP contribution in [0.2, 0.25) is 0 Å². The fourth-order valence-corrected chi connectivity index (χ4v) is 2.46. The molecule has 0 aromatic heterocycles. The minimum Gasteiger partial charge on any atom is -0.331 e. The minimum absolute atomic E-state index is 1.17. The number of hydrogen-bond acceptors (Lipinski definition) is 0. The summed E-state index contributed by atoms with van der Waals surface area (Å²) in [7, 11) is 0. The first-order valence-electron chi connectivity index (χ1n) is 7.42. The van der Waals surface area contributed by atoms with Gasteiger partial charge in [0.25, 0.3) is 0 Å². The fourth-order valence-electron chi connectivity index (χ4n) is 2.46. The predicted molar refractivity (Wildman–Crippen MR) is 78.2 cm³/mol. The number of benzene rings is 1. The van der Waals surface area contributed by atoms with Crippen LogP contribution in [0.4, 0.5) is 0 Å². The van der Waals surface area contributed by atoms with E-state index in [4.69, 9.17) is 0 Å². The molecule has 0 saturated heterocycles. The third-order valence-corrected chi connectivity index (χ3v) is 3.87. The van der Waals surface area contributed by atoms with E-state index >= 15 is 0 Å². The van der Waals surface area contributed by atoms with Gasteiger partial charge in [-0.2, -0.15) is 0 Å². The normalized spacial score (nSPS) is 12.9. The lowest BCUT2D eigenvalue weighted by Crippen LogP contribution is -3.19. The van der Waals surface area contributed by atoms with Crippen molar-refractivity contribution in [2.45, 2.75) is 34.2 Å². The van der Waals surface area contributed by atoms with Crippen LogP contribution in [0.15, 0.2) is 24.3 Å². The lowest BCUT2D eigenvalue weighted by atomic mass is 10.1. The van der Waals surface area contributed by atoms with Crippen molar-refractivity contribution in [2.24, 2.45) is 0 Å². The summed E-state index contributed by atoms with van der Waals surface area (Å²) in [6.07, 6.45) is 0. The first-order chi connectivity index (χ1) is 8.69. The van der Waals surface area contributed by atoms with Crippen molar-refractivity contribution >= 4 is 0 Å². The molecule has 102 valence electrons. The number of quaternary nitrogens is 2. The van der Waals surface area contributed by atoms with Gasteiger partial charge in [0, 0.05) is 5.56 Å². The maximum Gasteiger partial charge on any atom is 0.127 e. The van der Waals surface area contributed by atoms with Crippen molar-refractivity contribution in [3.8, 4) is 0 Å². The average Bonchev–Trinajstić information content (AvgIpc) is 2.38. The number of rotatable bonds is 8. The summed E-state index contributed by atoms with van der Waals surface area (Å²) in [4.78, 5) is 3.41. The van der Waals surface area contributed by atoms with E-state index in [9.17, 15) is 0 Å². The second-order valence-corrected chi connectivity index (χ2v) is 5.23. The summed E-state index contributed by atoms with van der Waals surface area (Å²) in [5, 5.41) is 0. The molecule has 1 unspecified atom stereocenters. The Bertz CT molecular complexity index is 332. The zero-order chi connectivity index (χ0) is 13.4. The van der Waals surface area contributed by atoms with Crippen LogP contribution in [0, 0.1) is 6.92 Å². The molecule has 0 aliphatic rings. The number of hydrogen-bond donors (Lipinski definition) is 2. The van der Waals surface area contributed by atoms with Gasteiger partial charge in [-0.1, -0.05) is 29.8 Å². The van der Waals surface area contributed by atoms with Gasteiger partial charge < -0.3 is 9.80 Å². The van der Waals surface area contributed by atoms with Gasteiger partial charge >= 0.3 is 0 Å². The van der Waals surface area contributed by atoms with Crippen molar-refractivity contribution in [3.63, 3.8) is 0 Å². The average molecular weight is 250 g/mol. The highest BCUT2D eigenvalue weighted by Gasteiger charge is 2.11. The molecule has 18 heavy (non-hydrogen) atoms. The first-order valence-corrected chi connectivity index (χ1v) is 7.42. The van der Waals surface area contributed by atoms with Crippen LogP contribution in [-0.4, -0.2) is 32.7 Å². The van der Waals surface area contributed by atoms with Gasteiger partial charge in [0.2, 0.25) is 0 Å². The number of aryl methyl sites for hydroxylation is 1. The molecule has 0 amide bonds. The molecule has 1 aromatic rings. The molecule has 0 heterocycles. The van der Waals surface area contributed by atoms with Crippen molar-refractivity contribution in [2.75, 3.05) is 32.7 Å². The molecular formula is C16H30N2+2. The summed E-state index contributed by atoms with van der Waals surface area (Å²) >= 11 is 0. The van der Waals surface area contributed by atoms with E-state index in [0.29, 0.717) is 0 Å². The Hall–Kier alpha value is -0.860. The van der Waals surface area contributed by atoms with Gasteiger partial charge in [-0.15, -0.1) is 0 Å². The zero-order valence-electron chi connectivity index (χ0n) is 12.6. The molecular weight excluding hydrogens is 220 g/mol. The SMILES string of the molecule is CC[NH+](CC)CC[NH+](CC)Cc1cccc(C)c1. The second-order valence-electron chi connectivity index (χ2n) is 5.23. The predicted octanol–water partition coefficient (Wildman–Crippen LogP) is 0.325. The van der Waals surface area contributed by atoms with Crippen molar-refractivity contribution in [1.29, 1.82) is 0 Å². The molecule has 0 spiro atoms. The molecule has 0 radical (unpaired) electrons. The van der Waals surface area contributed by atoms with Gasteiger partial charge in [-0.05, 0) is 27.7 Å². The van der Waals surface area contributed by atoms with E-state index in [1.165, 1.54) is 50.4 Å². The zero-order valence-corrected chi connectivity index (χ0v) is 12.6. The largest absolute Gasteiger partial charge is 0.331 e. The molecule has 1 atom stereocenters. The third kappa shape index (κ3) is 5.19. The monoisotopic (exact) mass is 250 g/mol. The van der Waals surface area contributed by atoms with E-state index in [-0.39, 0.29) is 0 Å². The Morgan fingerprint density at radius 3 is 2.06 bits per heavy atom. The Morgan fingerprint density at radius 1 is 0.889 bits per heavy atom. The van der Waals surface area contributed by atoms with Crippen LogP contribution >= 0.6 is 0 Å². The molecule has 2 nitrogen and oxygen atoms in total. The maximum absolute atomic E-state index is 2.32. The number of nitrogens with one attached hydrogen (secondary N) is 2. The van der Waals surface area contributed by atoms with E-state index in [1.807, 2.05) is 0 Å². The van der Waals surface area contributed by atoms with E-state index in [1.54, 1.807) is 9.80 Å². The van der Waals surface area contributed by atoms with Crippen LogP contribution in [0.25, 0.3) is 0 Å². The summed E-state index contributed by atoms with van der Waals surface area (Å²) in [6.45, 7) is 16.5. The highest BCUT2D eigenvalue weighted by atomic mass is 15.2. The topological polar surface area (TPSA) is 8.88 Å².